The Kier molecular flexibility index (Phi) is 60.4. The molecule has 0 saturated heterocycles. The first-order valence-corrected chi connectivity index (χ1v) is 34.5. The molecule has 0 amide bonds. The third-order valence-electron chi connectivity index (χ3n) is 15.2. The van der Waals surface area contributed by atoms with E-state index in [4.69, 9.17) is 24.3 Å². The van der Waals surface area contributed by atoms with Crippen LogP contribution in [0.15, 0.2) is 0 Å². The zero-order chi connectivity index (χ0) is 53.8. The summed E-state index contributed by atoms with van der Waals surface area (Å²) in [6, 6.07) is 0. The normalized spacial score (nSPS) is 12.9. The van der Waals surface area contributed by atoms with Crippen LogP contribution in [0.5, 0.6) is 0 Å². The van der Waals surface area contributed by atoms with Crippen molar-refractivity contribution in [3.63, 3.8) is 0 Å². The Hall–Kier alpha value is -0.990. The Balaban J connectivity index is 3.79. The van der Waals surface area contributed by atoms with E-state index in [0.29, 0.717) is 6.42 Å². The minimum absolute atomic E-state index is 0.0587. The molecule has 442 valence electrons. The second-order valence-corrected chi connectivity index (χ2v) is 24.2. The summed E-state index contributed by atoms with van der Waals surface area (Å²) in [6.07, 6.45) is 70.5. The van der Waals surface area contributed by atoms with Crippen LogP contribution in [-0.4, -0.2) is 49.3 Å². The van der Waals surface area contributed by atoms with E-state index < -0.39 is 26.5 Å². The van der Waals surface area contributed by atoms with Gasteiger partial charge in [-0.1, -0.05) is 341 Å². The van der Waals surface area contributed by atoms with Crippen LogP contribution in [0.4, 0.5) is 0 Å². The number of esters is 2. The predicted molar refractivity (Wildman–Crippen MR) is 317 cm³/mol. The molecule has 0 aliphatic heterocycles. The number of phosphoric acid groups is 1. The molecule has 0 heterocycles. The van der Waals surface area contributed by atoms with Gasteiger partial charge in [-0.15, -0.1) is 0 Å². The van der Waals surface area contributed by atoms with Crippen molar-refractivity contribution in [3.8, 4) is 0 Å². The summed E-state index contributed by atoms with van der Waals surface area (Å²) in [6.45, 7) is 3.84. The summed E-state index contributed by atoms with van der Waals surface area (Å²) >= 11 is 0. The van der Waals surface area contributed by atoms with Crippen molar-refractivity contribution in [2.45, 2.75) is 373 Å². The Labute approximate surface area is 460 Å². The van der Waals surface area contributed by atoms with Crippen LogP contribution in [-0.2, 0) is 32.7 Å². The summed E-state index contributed by atoms with van der Waals surface area (Å²) in [5.74, 6) is -0.799. The van der Waals surface area contributed by atoms with Crippen molar-refractivity contribution in [1.82, 2.24) is 0 Å². The maximum Gasteiger partial charge on any atom is 0.472 e. The van der Waals surface area contributed by atoms with E-state index in [0.717, 1.165) is 32.1 Å². The van der Waals surface area contributed by atoms with Gasteiger partial charge in [0.15, 0.2) is 6.10 Å². The topological polar surface area (TPSA) is 134 Å². The van der Waals surface area contributed by atoms with Gasteiger partial charge in [0.25, 0.3) is 0 Å². The molecule has 10 heteroatoms. The quantitative estimate of drug-likeness (QED) is 0.0347. The number of phosphoric ester groups is 1. The SMILES string of the molecule is CCCCCCCCCCCCCCCCCCCCCCCCCCCCCCCCCCCC(=O)OC(COC(=O)CCCCCCCCCCCCCCCCCCCCCC)COP(=O)(O)OCCN. The number of carbonyl (C=O) groups is 2. The van der Waals surface area contributed by atoms with E-state index in [1.165, 1.54) is 302 Å². The highest BCUT2D eigenvalue weighted by Crippen LogP contribution is 2.43. The average molecular weight is 1070 g/mol. The molecule has 0 aromatic carbocycles. The molecule has 74 heavy (non-hydrogen) atoms. The highest BCUT2D eigenvalue weighted by atomic mass is 31.2. The van der Waals surface area contributed by atoms with E-state index in [2.05, 4.69) is 13.8 Å². The van der Waals surface area contributed by atoms with Crippen molar-refractivity contribution < 1.29 is 37.6 Å². The summed E-state index contributed by atoms with van der Waals surface area (Å²) < 4.78 is 33.1. The Morgan fingerprint density at radius 1 is 0.351 bits per heavy atom. The van der Waals surface area contributed by atoms with Gasteiger partial charge in [-0.2, -0.15) is 0 Å². The van der Waals surface area contributed by atoms with Gasteiger partial charge in [-0.3, -0.25) is 18.6 Å². The molecule has 0 aromatic rings. The molecule has 3 N–H and O–H groups in total. The highest BCUT2D eigenvalue weighted by Gasteiger charge is 2.26. The molecule has 0 aliphatic rings. The van der Waals surface area contributed by atoms with Gasteiger partial charge in [0.2, 0.25) is 0 Å². The molecular formula is C64H128NO8P. The van der Waals surface area contributed by atoms with Crippen LogP contribution in [0, 0.1) is 0 Å². The van der Waals surface area contributed by atoms with E-state index >= 15 is 0 Å². The summed E-state index contributed by atoms with van der Waals surface area (Å²) in [4.78, 5) is 35.3. The lowest BCUT2D eigenvalue weighted by Gasteiger charge is -2.19. The van der Waals surface area contributed by atoms with E-state index in [9.17, 15) is 19.0 Å². The molecule has 0 radical (unpaired) electrons. The monoisotopic (exact) mass is 1070 g/mol. The third kappa shape index (κ3) is 60.2. The number of hydrogen-bond donors (Lipinski definition) is 2. The zero-order valence-corrected chi connectivity index (χ0v) is 50.5. The fourth-order valence-electron chi connectivity index (χ4n) is 10.3. The minimum Gasteiger partial charge on any atom is -0.462 e. The molecule has 0 bridgehead atoms. The molecule has 0 rings (SSSR count). The first-order valence-electron chi connectivity index (χ1n) is 33.0. The van der Waals surface area contributed by atoms with Gasteiger partial charge in [0, 0.05) is 19.4 Å². The van der Waals surface area contributed by atoms with Crippen molar-refractivity contribution in [1.29, 1.82) is 0 Å². The number of ether oxygens (including phenoxy) is 2. The smallest absolute Gasteiger partial charge is 0.462 e. The molecule has 0 aliphatic carbocycles. The highest BCUT2D eigenvalue weighted by molar-refractivity contribution is 7.47. The third-order valence-corrected chi connectivity index (χ3v) is 16.2. The molecule has 9 nitrogen and oxygen atoms in total. The first-order chi connectivity index (χ1) is 36.3. The predicted octanol–water partition coefficient (Wildman–Crippen LogP) is 21.0. The molecule has 2 atom stereocenters. The maximum absolute atomic E-state index is 12.7. The Bertz CT molecular complexity index is 1170. The number of hydrogen-bond acceptors (Lipinski definition) is 8. The van der Waals surface area contributed by atoms with E-state index in [1.807, 2.05) is 0 Å². The lowest BCUT2D eigenvalue weighted by Crippen LogP contribution is -2.29. The lowest BCUT2D eigenvalue weighted by atomic mass is 10.0. The molecule has 0 fully saturated rings. The van der Waals surface area contributed by atoms with E-state index in [1.54, 1.807) is 0 Å². The molecular weight excluding hydrogens is 942 g/mol. The fourth-order valence-corrected chi connectivity index (χ4v) is 11.1. The Morgan fingerprint density at radius 3 is 0.824 bits per heavy atom. The van der Waals surface area contributed by atoms with Crippen LogP contribution >= 0.6 is 7.82 Å². The van der Waals surface area contributed by atoms with Crippen molar-refractivity contribution in [2.75, 3.05) is 26.4 Å². The van der Waals surface area contributed by atoms with Crippen molar-refractivity contribution in [3.05, 3.63) is 0 Å². The zero-order valence-electron chi connectivity index (χ0n) is 49.6. The average Bonchev–Trinajstić information content (AvgIpc) is 3.39. The van der Waals surface area contributed by atoms with Gasteiger partial charge in [0.05, 0.1) is 13.2 Å². The number of rotatable bonds is 64. The Morgan fingerprint density at radius 2 is 0.581 bits per heavy atom. The van der Waals surface area contributed by atoms with Crippen LogP contribution < -0.4 is 5.73 Å². The van der Waals surface area contributed by atoms with Crippen molar-refractivity contribution in [2.24, 2.45) is 5.73 Å². The molecule has 0 saturated carbocycles. The number of nitrogens with two attached hydrogens (primary N) is 1. The van der Waals surface area contributed by atoms with Gasteiger partial charge >= 0.3 is 19.8 Å². The number of unbranched alkanes of at least 4 members (excludes halogenated alkanes) is 51. The molecule has 0 aromatic heterocycles. The fraction of sp³-hybridized carbons (Fsp3) is 0.969. The van der Waals surface area contributed by atoms with Gasteiger partial charge < -0.3 is 20.1 Å². The molecule has 0 spiro atoms. The van der Waals surface area contributed by atoms with E-state index in [-0.39, 0.29) is 38.6 Å². The van der Waals surface area contributed by atoms with Gasteiger partial charge in [-0.25, -0.2) is 4.57 Å². The second kappa shape index (κ2) is 61.2. The largest absolute Gasteiger partial charge is 0.472 e. The summed E-state index contributed by atoms with van der Waals surface area (Å²) in [7, 11) is -4.38. The lowest BCUT2D eigenvalue weighted by molar-refractivity contribution is -0.161. The first kappa shape index (κ1) is 73.0. The van der Waals surface area contributed by atoms with Crippen LogP contribution in [0.2, 0.25) is 0 Å². The number of carbonyl (C=O) groups excluding carboxylic acids is 2. The van der Waals surface area contributed by atoms with Crippen LogP contribution in [0.3, 0.4) is 0 Å². The summed E-state index contributed by atoms with van der Waals surface area (Å²) in [5, 5.41) is 0. The van der Waals surface area contributed by atoms with Gasteiger partial charge in [-0.05, 0) is 12.8 Å². The van der Waals surface area contributed by atoms with Crippen LogP contribution in [0.25, 0.3) is 0 Å². The standard InChI is InChI=1S/C64H128NO8P/c1-3-5-7-9-11-13-15-17-19-21-23-25-26-27-28-29-30-31-32-33-34-35-36-37-39-41-43-45-47-49-51-53-55-57-64(67)73-62(61-72-74(68,69)71-59-58-65)60-70-63(66)56-54-52-50-48-46-44-42-40-38-24-22-20-18-16-14-12-10-8-6-4-2/h62H,3-61,65H2,1-2H3,(H,68,69). The van der Waals surface area contributed by atoms with Crippen molar-refractivity contribution >= 4 is 19.8 Å². The second-order valence-electron chi connectivity index (χ2n) is 22.7. The van der Waals surface area contributed by atoms with Gasteiger partial charge in [0.1, 0.15) is 6.61 Å². The maximum atomic E-state index is 12.7. The summed E-state index contributed by atoms with van der Waals surface area (Å²) in [5.41, 5.74) is 5.39. The minimum atomic E-state index is -4.38. The van der Waals surface area contributed by atoms with Crippen LogP contribution in [0.1, 0.15) is 367 Å². The molecule has 2 unspecified atom stereocenters.